The number of nitrogens with zero attached hydrogens (tertiary/aromatic N) is 2. The van der Waals surface area contributed by atoms with Gasteiger partial charge in [0.25, 0.3) is 5.88 Å². The first-order valence-electron chi connectivity index (χ1n) is 7.22. The van der Waals surface area contributed by atoms with Crippen LogP contribution in [0.5, 0.6) is 28.9 Å². The van der Waals surface area contributed by atoms with Crippen molar-refractivity contribution in [3.05, 3.63) is 54.7 Å². The summed E-state index contributed by atoms with van der Waals surface area (Å²) >= 11 is 0. The number of phenols is 1. The van der Waals surface area contributed by atoms with Crippen LogP contribution in [0.25, 0.3) is 11.4 Å². The molecule has 3 aromatic rings. The molecule has 6 heteroatoms. The van der Waals surface area contributed by atoms with E-state index in [2.05, 4.69) is 9.97 Å². The van der Waals surface area contributed by atoms with Crippen LogP contribution in [0.3, 0.4) is 0 Å². The molecule has 0 aliphatic heterocycles. The zero-order valence-corrected chi connectivity index (χ0v) is 13.3. The number of rotatable bonds is 5. The Kier molecular flexibility index (Phi) is 4.47. The van der Waals surface area contributed by atoms with E-state index in [0.717, 1.165) is 0 Å². The van der Waals surface area contributed by atoms with Gasteiger partial charge >= 0.3 is 0 Å². The van der Waals surface area contributed by atoms with Crippen LogP contribution in [0.15, 0.2) is 54.7 Å². The second kappa shape index (κ2) is 6.87. The van der Waals surface area contributed by atoms with Crippen molar-refractivity contribution in [2.24, 2.45) is 0 Å². The van der Waals surface area contributed by atoms with E-state index >= 15 is 0 Å². The Bertz CT molecular complexity index is 852. The summed E-state index contributed by atoms with van der Waals surface area (Å²) in [6.45, 7) is 0. The van der Waals surface area contributed by atoms with Crippen molar-refractivity contribution < 1.29 is 19.3 Å². The predicted octanol–water partition coefficient (Wildman–Crippen LogP) is 3.66. The molecule has 2 aromatic carbocycles. The highest BCUT2D eigenvalue weighted by atomic mass is 16.5. The highest BCUT2D eigenvalue weighted by molar-refractivity contribution is 5.58. The molecule has 0 saturated heterocycles. The fraction of sp³-hybridized carbons (Fsp3) is 0.111. The summed E-state index contributed by atoms with van der Waals surface area (Å²) in [6.07, 6.45) is 1.53. The smallest absolute Gasteiger partial charge is 0.261 e. The molecule has 0 fully saturated rings. The predicted molar refractivity (Wildman–Crippen MR) is 88.8 cm³/mol. The number of hydrogen-bond donors (Lipinski definition) is 1. The SMILES string of the molecule is COc1ccccc1Oc1cnc(-c2cccc(O)c2)nc1OC. The van der Waals surface area contributed by atoms with Crippen molar-refractivity contribution in [2.75, 3.05) is 14.2 Å². The van der Waals surface area contributed by atoms with Crippen molar-refractivity contribution in [1.29, 1.82) is 0 Å². The summed E-state index contributed by atoms with van der Waals surface area (Å²) in [5.41, 5.74) is 0.678. The standard InChI is InChI=1S/C18H16N2O4/c1-22-14-8-3-4-9-15(14)24-16-11-19-17(20-18(16)23-2)12-6-5-7-13(21)10-12/h3-11,21H,1-2H3. The number of methoxy groups -OCH3 is 2. The van der Waals surface area contributed by atoms with Crippen molar-refractivity contribution >= 4 is 0 Å². The van der Waals surface area contributed by atoms with E-state index in [1.165, 1.54) is 13.3 Å². The maximum Gasteiger partial charge on any atom is 0.261 e. The molecule has 0 aliphatic carbocycles. The minimum absolute atomic E-state index is 0.143. The van der Waals surface area contributed by atoms with Crippen LogP contribution < -0.4 is 14.2 Å². The van der Waals surface area contributed by atoms with Crippen LogP contribution in [-0.2, 0) is 0 Å². The van der Waals surface area contributed by atoms with Crippen LogP contribution in [0.1, 0.15) is 0 Å². The molecule has 0 unspecified atom stereocenters. The van der Waals surface area contributed by atoms with Crippen LogP contribution in [0, 0.1) is 0 Å². The van der Waals surface area contributed by atoms with Gasteiger partial charge in [-0.05, 0) is 24.3 Å². The van der Waals surface area contributed by atoms with Crippen molar-refractivity contribution in [1.82, 2.24) is 9.97 Å². The molecule has 0 atom stereocenters. The van der Waals surface area contributed by atoms with Crippen molar-refractivity contribution in [3.63, 3.8) is 0 Å². The third-order valence-electron chi connectivity index (χ3n) is 3.31. The topological polar surface area (TPSA) is 73.7 Å². The zero-order chi connectivity index (χ0) is 16.9. The average Bonchev–Trinajstić information content (AvgIpc) is 2.62. The van der Waals surface area contributed by atoms with Gasteiger partial charge < -0.3 is 19.3 Å². The Labute approximate surface area is 139 Å². The first-order valence-corrected chi connectivity index (χ1v) is 7.22. The number of aromatic nitrogens is 2. The molecule has 24 heavy (non-hydrogen) atoms. The molecule has 0 radical (unpaired) electrons. The Hall–Kier alpha value is -3.28. The first-order chi connectivity index (χ1) is 11.7. The van der Waals surface area contributed by atoms with Crippen molar-refractivity contribution in [3.8, 4) is 40.3 Å². The summed E-state index contributed by atoms with van der Waals surface area (Å²) in [7, 11) is 3.07. The van der Waals surface area contributed by atoms with Crippen LogP contribution in [0.2, 0.25) is 0 Å². The Morgan fingerprint density at radius 2 is 1.67 bits per heavy atom. The maximum absolute atomic E-state index is 9.58. The summed E-state index contributed by atoms with van der Waals surface area (Å²) in [4.78, 5) is 8.63. The molecule has 122 valence electrons. The van der Waals surface area contributed by atoms with Gasteiger partial charge in [0.15, 0.2) is 17.3 Å². The van der Waals surface area contributed by atoms with Gasteiger partial charge in [-0.25, -0.2) is 4.98 Å². The maximum atomic E-state index is 9.58. The van der Waals surface area contributed by atoms with Gasteiger partial charge in [-0.15, -0.1) is 0 Å². The van der Waals surface area contributed by atoms with E-state index in [1.54, 1.807) is 43.5 Å². The minimum atomic E-state index is 0.143. The third kappa shape index (κ3) is 3.22. The number of hydrogen-bond acceptors (Lipinski definition) is 6. The molecule has 0 spiro atoms. The number of benzene rings is 2. The second-order valence-electron chi connectivity index (χ2n) is 4.87. The normalized spacial score (nSPS) is 10.2. The molecule has 1 heterocycles. The molecule has 0 amide bonds. The summed E-state index contributed by atoms with van der Waals surface area (Å²) in [6, 6.07) is 14.0. The van der Waals surface area contributed by atoms with Crippen molar-refractivity contribution in [2.45, 2.75) is 0 Å². The zero-order valence-electron chi connectivity index (χ0n) is 13.3. The molecule has 1 aromatic heterocycles. The lowest BCUT2D eigenvalue weighted by Gasteiger charge is -2.12. The van der Waals surface area contributed by atoms with Crippen LogP contribution >= 0.6 is 0 Å². The molecule has 0 saturated carbocycles. The number of phenolic OH excluding ortho intramolecular Hbond substituents is 1. The van der Waals surface area contributed by atoms with E-state index in [9.17, 15) is 5.11 Å². The monoisotopic (exact) mass is 324 g/mol. The lowest BCUT2D eigenvalue weighted by atomic mass is 10.2. The molecule has 3 rings (SSSR count). The molecule has 6 nitrogen and oxygen atoms in total. The summed E-state index contributed by atoms with van der Waals surface area (Å²) in [5.74, 6) is 2.35. The highest BCUT2D eigenvalue weighted by Gasteiger charge is 2.13. The molecular formula is C18H16N2O4. The lowest BCUT2D eigenvalue weighted by Crippen LogP contribution is -1.98. The van der Waals surface area contributed by atoms with E-state index in [1.807, 2.05) is 12.1 Å². The Balaban J connectivity index is 1.95. The van der Waals surface area contributed by atoms with Gasteiger partial charge in [0.1, 0.15) is 5.75 Å². The quantitative estimate of drug-likeness (QED) is 0.772. The van der Waals surface area contributed by atoms with Gasteiger partial charge in [-0.1, -0.05) is 24.3 Å². The number of para-hydroxylation sites is 2. The second-order valence-corrected chi connectivity index (χ2v) is 4.87. The Morgan fingerprint density at radius 3 is 2.38 bits per heavy atom. The minimum Gasteiger partial charge on any atom is -0.508 e. The fourth-order valence-electron chi connectivity index (χ4n) is 2.18. The van der Waals surface area contributed by atoms with Gasteiger partial charge in [-0.3, -0.25) is 0 Å². The largest absolute Gasteiger partial charge is 0.508 e. The number of aromatic hydroxyl groups is 1. The van der Waals surface area contributed by atoms with Crippen LogP contribution in [-0.4, -0.2) is 29.3 Å². The summed E-state index contributed by atoms with van der Waals surface area (Å²) in [5, 5.41) is 9.58. The fourth-order valence-corrected chi connectivity index (χ4v) is 2.18. The first kappa shape index (κ1) is 15.6. The summed E-state index contributed by atoms with van der Waals surface area (Å²) < 4.78 is 16.4. The van der Waals surface area contributed by atoms with E-state index in [0.29, 0.717) is 28.6 Å². The van der Waals surface area contributed by atoms with Gasteiger partial charge in [-0.2, -0.15) is 4.98 Å². The molecule has 0 aliphatic rings. The Morgan fingerprint density at radius 1 is 0.875 bits per heavy atom. The third-order valence-corrected chi connectivity index (χ3v) is 3.31. The van der Waals surface area contributed by atoms with E-state index in [-0.39, 0.29) is 11.6 Å². The molecular weight excluding hydrogens is 308 g/mol. The highest BCUT2D eigenvalue weighted by Crippen LogP contribution is 2.35. The van der Waals surface area contributed by atoms with Gasteiger partial charge in [0, 0.05) is 5.56 Å². The molecule has 0 bridgehead atoms. The number of ether oxygens (including phenoxy) is 3. The molecule has 1 N–H and O–H groups in total. The van der Waals surface area contributed by atoms with E-state index in [4.69, 9.17) is 14.2 Å². The van der Waals surface area contributed by atoms with E-state index < -0.39 is 0 Å². The van der Waals surface area contributed by atoms with Gasteiger partial charge in [0.05, 0.1) is 20.4 Å². The van der Waals surface area contributed by atoms with Gasteiger partial charge in [0.2, 0.25) is 5.75 Å². The average molecular weight is 324 g/mol. The van der Waals surface area contributed by atoms with Crippen LogP contribution in [0.4, 0.5) is 0 Å². The lowest BCUT2D eigenvalue weighted by molar-refractivity contribution is 0.346.